The van der Waals surface area contributed by atoms with Gasteiger partial charge in [-0.25, -0.2) is 9.78 Å². The van der Waals surface area contributed by atoms with E-state index in [1.807, 2.05) is 13.1 Å². The highest BCUT2D eigenvalue weighted by atomic mass is 32.1. The van der Waals surface area contributed by atoms with Crippen LogP contribution >= 0.6 is 11.3 Å². The van der Waals surface area contributed by atoms with Crippen molar-refractivity contribution < 1.29 is 9.90 Å². The zero-order valence-electron chi connectivity index (χ0n) is 9.30. The number of aryl methyl sites for hydroxylation is 1. The monoisotopic (exact) mass is 248 g/mol. The maximum atomic E-state index is 10.7. The van der Waals surface area contributed by atoms with Gasteiger partial charge < -0.3 is 10.4 Å². The third-order valence-corrected chi connectivity index (χ3v) is 3.18. The van der Waals surface area contributed by atoms with Gasteiger partial charge >= 0.3 is 5.97 Å². The molecule has 1 aromatic carbocycles. The van der Waals surface area contributed by atoms with Crippen molar-refractivity contribution in [3.8, 4) is 0 Å². The van der Waals surface area contributed by atoms with Crippen LogP contribution in [0.2, 0.25) is 0 Å². The number of nitrogens with zero attached hydrogens (tertiary/aromatic N) is 1. The van der Waals surface area contributed by atoms with Crippen LogP contribution in [0.1, 0.15) is 20.2 Å². The molecule has 17 heavy (non-hydrogen) atoms. The fourth-order valence-electron chi connectivity index (χ4n) is 1.41. The summed E-state index contributed by atoms with van der Waals surface area (Å²) in [5, 5.41) is 13.0. The Hall–Kier alpha value is -1.88. The second-order valence-corrected chi connectivity index (χ2v) is 4.90. The summed E-state index contributed by atoms with van der Waals surface area (Å²) < 4.78 is 0. The number of anilines is 1. The zero-order chi connectivity index (χ0) is 12.3. The van der Waals surface area contributed by atoms with E-state index in [0.717, 1.165) is 15.6 Å². The lowest BCUT2D eigenvalue weighted by Gasteiger charge is -2.04. The van der Waals surface area contributed by atoms with E-state index in [1.54, 1.807) is 35.6 Å². The molecule has 2 N–H and O–H groups in total. The number of aromatic nitrogens is 1. The molecule has 0 bridgehead atoms. The first kappa shape index (κ1) is 11.6. The van der Waals surface area contributed by atoms with E-state index in [1.165, 1.54) is 0 Å². The van der Waals surface area contributed by atoms with Gasteiger partial charge in [-0.3, -0.25) is 0 Å². The Bertz CT molecular complexity index is 520. The SMILES string of the molecule is Cc1ncc(CNc2ccc(C(=O)O)cc2)s1. The molecule has 1 heterocycles. The molecular formula is C12H12N2O2S. The molecule has 2 rings (SSSR count). The average molecular weight is 248 g/mol. The maximum absolute atomic E-state index is 10.7. The Morgan fingerprint density at radius 3 is 2.65 bits per heavy atom. The van der Waals surface area contributed by atoms with Gasteiger partial charge in [0.05, 0.1) is 17.1 Å². The third kappa shape index (κ3) is 3.04. The largest absolute Gasteiger partial charge is 0.478 e. The first-order valence-electron chi connectivity index (χ1n) is 5.13. The summed E-state index contributed by atoms with van der Waals surface area (Å²) in [4.78, 5) is 16.0. The average Bonchev–Trinajstić information content (AvgIpc) is 2.73. The van der Waals surface area contributed by atoms with E-state index in [4.69, 9.17) is 5.11 Å². The van der Waals surface area contributed by atoms with E-state index in [-0.39, 0.29) is 0 Å². The highest BCUT2D eigenvalue weighted by Gasteiger charge is 2.02. The lowest BCUT2D eigenvalue weighted by Crippen LogP contribution is -1.99. The molecule has 0 saturated carbocycles. The van der Waals surface area contributed by atoms with Crippen LogP contribution in [0.15, 0.2) is 30.5 Å². The summed E-state index contributed by atoms with van der Waals surface area (Å²) >= 11 is 1.65. The number of hydrogen-bond donors (Lipinski definition) is 2. The molecule has 1 aromatic heterocycles. The molecule has 4 nitrogen and oxygen atoms in total. The molecule has 0 amide bonds. The van der Waals surface area contributed by atoms with E-state index >= 15 is 0 Å². The molecule has 0 aliphatic rings. The summed E-state index contributed by atoms with van der Waals surface area (Å²) in [6.07, 6.45) is 1.85. The van der Waals surface area contributed by atoms with E-state index in [0.29, 0.717) is 12.1 Å². The first-order valence-corrected chi connectivity index (χ1v) is 5.95. The second kappa shape index (κ2) is 4.97. The number of hydrogen-bond acceptors (Lipinski definition) is 4. The van der Waals surface area contributed by atoms with Gasteiger partial charge in [-0.05, 0) is 31.2 Å². The van der Waals surface area contributed by atoms with Crippen molar-refractivity contribution in [1.82, 2.24) is 4.98 Å². The molecule has 0 fully saturated rings. The topological polar surface area (TPSA) is 62.2 Å². The summed E-state index contributed by atoms with van der Waals surface area (Å²) in [6.45, 7) is 2.67. The van der Waals surface area contributed by atoms with Gasteiger partial charge in [0.1, 0.15) is 0 Å². The predicted octanol–water partition coefficient (Wildman–Crippen LogP) is 2.76. The van der Waals surface area contributed by atoms with Crippen molar-refractivity contribution in [2.45, 2.75) is 13.5 Å². The van der Waals surface area contributed by atoms with E-state index < -0.39 is 5.97 Å². The molecule has 88 valence electrons. The smallest absolute Gasteiger partial charge is 0.335 e. The summed E-state index contributed by atoms with van der Waals surface area (Å²) in [5.41, 5.74) is 1.20. The quantitative estimate of drug-likeness (QED) is 0.873. The summed E-state index contributed by atoms with van der Waals surface area (Å²) in [6, 6.07) is 6.69. The molecule has 0 unspecified atom stereocenters. The molecular weight excluding hydrogens is 236 g/mol. The maximum Gasteiger partial charge on any atom is 0.335 e. The number of carboxylic acid groups (broad SMARTS) is 1. The minimum atomic E-state index is -0.908. The molecule has 0 spiro atoms. The predicted molar refractivity (Wildman–Crippen MR) is 67.6 cm³/mol. The van der Waals surface area contributed by atoms with Crippen LogP contribution in [0, 0.1) is 6.92 Å². The van der Waals surface area contributed by atoms with Gasteiger partial charge in [-0.2, -0.15) is 0 Å². The van der Waals surface area contributed by atoms with E-state index in [2.05, 4.69) is 10.3 Å². The molecule has 0 aliphatic heterocycles. The van der Waals surface area contributed by atoms with Gasteiger partial charge in [0.15, 0.2) is 0 Å². The van der Waals surface area contributed by atoms with Gasteiger partial charge in [0, 0.05) is 16.8 Å². The number of carbonyl (C=O) groups is 1. The van der Waals surface area contributed by atoms with E-state index in [9.17, 15) is 4.79 Å². The summed E-state index contributed by atoms with van der Waals surface area (Å²) in [5.74, 6) is -0.908. The first-order chi connectivity index (χ1) is 8.15. The highest BCUT2D eigenvalue weighted by Crippen LogP contribution is 2.15. The molecule has 0 atom stereocenters. The molecule has 2 aromatic rings. The van der Waals surface area contributed by atoms with Crippen molar-refractivity contribution in [3.63, 3.8) is 0 Å². The second-order valence-electron chi connectivity index (χ2n) is 3.58. The van der Waals surface area contributed by atoms with Crippen LogP contribution in [0.4, 0.5) is 5.69 Å². The highest BCUT2D eigenvalue weighted by molar-refractivity contribution is 7.11. The molecule has 5 heteroatoms. The van der Waals surface area contributed by atoms with Gasteiger partial charge in [-0.15, -0.1) is 11.3 Å². The Morgan fingerprint density at radius 2 is 2.12 bits per heavy atom. The normalized spacial score (nSPS) is 10.2. The van der Waals surface area contributed by atoms with Gasteiger partial charge in [-0.1, -0.05) is 0 Å². The zero-order valence-corrected chi connectivity index (χ0v) is 10.1. The number of thiazole rings is 1. The molecule has 0 radical (unpaired) electrons. The third-order valence-electron chi connectivity index (χ3n) is 2.27. The molecule has 0 saturated heterocycles. The number of carboxylic acids is 1. The fourth-order valence-corrected chi connectivity index (χ4v) is 2.14. The van der Waals surface area contributed by atoms with Crippen LogP contribution in [-0.4, -0.2) is 16.1 Å². The van der Waals surface area contributed by atoms with Crippen LogP contribution in [0.5, 0.6) is 0 Å². The number of rotatable bonds is 4. The minimum Gasteiger partial charge on any atom is -0.478 e. The number of aromatic carboxylic acids is 1. The number of nitrogens with one attached hydrogen (secondary N) is 1. The van der Waals surface area contributed by atoms with Crippen molar-refractivity contribution in [2.24, 2.45) is 0 Å². The Labute approximate surface area is 103 Å². The lowest BCUT2D eigenvalue weighted by molar-refractivity contribution is 0.0697. The Morgan fingerprint density at radius 1 is 1.41 bits per heavy atom. The van der Waals surface area contributed by atoms with Crippen molar-refractivity contribution in [1.29, 1.82) is 0 Å². The summed E-state index contributed by atoms with van der Waals surface area (Å²) in [7, 11) is 0. The van der Waals surface area contributed by atoms with Crippen LogP contribution in [0.25, 0.3) is 0 Å². The fraction of sp³-hybridized carbons (Fsp3) is 0.167. The van der Waals surface area contributed by atoms with Gasteiger partial charge in [0.2, 0.25) is 0 Å². The number of benzene rings is 1. The Kier molecular flexibility index (Phi) is 3.39. The standard InChI is InChI=1S/C12H12N2O2S/c1-8-13-6-11(17-8)7-14-10-4-2-9(3-5-10)12(15)16/h2-6,14H,7H2,1H3,(H,15,16). The minimum absolute atomic E-state index is 0.296. The van der Waals surface area contributed by atoms with Crippen LogP contribution < -0.4 is 5.32 Å². The van der Waals surface area contributed by atoms with Crippen molar-refractivity contribution in [2.75, 3.05) is 5.32 Å². The van der Waals surface area contributed by atoms with Crippen molar-refractivity contribution >= 4 is 23.0 Å². The molecule has 0 aliphatic carbocycles. The van der Waals surface area contributed by atoms with Gasteiger partial charge in [0.25, 0.3) is 0 Å². The lowest BCUT2D eigenvalue weighted by atomic mass is 10.2. The van der Waals surface area contributed by atoms with Crippen LogP contribution in [-0.2, 0) is 6.54 Å². The van der Waals surface area contributed by atoms with Crippen molar-refractivity contribution in [3.05, 3.63) is 45.9 Å². The van der Waals surface area contributed by atoms with Crippen LogP contribution in [0.3, 0.4) is 0 Å². The Balaban J connectivity index is 1.97.